The van der Waals surface area contributed by atoms with Gasteiger partial charge in [-0.2, -0.15) is 0 Å². The van der Waals surface area contributed by atoms with Gasteiger partial charge in [-0.15, -0.1) is 11.8 Å². The average molecular weight is 309 g/mol. The summed E-state index contributed by atoms with van der Waals surface area (Å²) in [7, 11) is 0. The van der Waals surface area contributed by atoms with E-state index in [1.807, 2.05) is 36.4 Å². The Labute approximate surface area is 136 Å². The Morgan fingerprint density at radius 1 is 1.14 bits per heavy atom. The summed E-state index contributed by atoms with van der Waals surface area (Å²) in [4.78, 5) is 11.7. The standard InChI is InChI=1S/C19H19NOS/c1-16-7-5-10-18(13-16)14-22-15-19(21)20-12-6-11-17-8-3-2-4-9-17/h2-5,7-10,13H,12,14-15H2,1H3,(H,20,21). The molecule has 2 aromatic carbocycles. The van der Waals surface area contributed by atoms with Crippen LogP contribution < -0.4 is 5.32 Å². The number of thioether (sulfide) groups is 1. The minimum absolute atomic E-state index is 0.0278. The van der Waals surface area contributed by atoms with Crippen molar-refractivity contribution in [3.8, 4) is 11.8 Å². The smallest absolute Gasteiger partial charge is 0.230 e. The van der Waals surface area contributed by atoms with Gasteiger partial charge >= 0.3 is 0 Å². The molecule has 22 heavy (non-hydrogen) atoms. The number of rotatable bonds is 5. The summed E-state index contributed by atoms with van der Waals surface area (Å²) in [6.45, 7) is 2.46. The van der Waals surface area contributed by atoms with E-state index in [0.29, 0.717) is 12.3 Å². The lowest BCUT2D eigenvalue weighted by Crippen LogP contribution is -2.25. The van der Waals surface area contributed by atoms with Gasteiger partial charge in [0.05, 0.1) is 12.3 Å². The minimum Gasteiger partial charge on any atom is -0.344 e. The van der Waals surface area contributed by atoms with E-state index in [-0.39, 0.29) is 5.91 Å². The number of hydrogen-bond donors (Lipinski definition) is 1. The first kappa shape index (κ1) is 16.2. The molecule has 0 aliphatic rings. The summed E-state index contributed by atoms with van der Waals surface area (Å²) in [5, 5.41) is 2.82. The van der Waals surface area contributed by atoms with Crippen molar-refractivity contribution in [1.82, 2.24) is 5.32 Å². The van der Waals surface area contributed by atoms with E-state index >= 15 is 0 Å². The first-order valence-corrected chi connectivity index (χ1v) is 8.33. The van der Waals surface area contributed by atoms with Crippen LogP contribution >= 0.6 is 11.8 Å². The highest BCUT2D eigenvalue weighted by Gasteiger charge is 2.00. The van der Waals surface area contributed by atoms with Crippen molar-refractivity contribution in [2.45, 2.75) is 12.7 Å². The Morgan fingerprint density at radius 3 is 2.73 bits per heavy atom. The van der Waals surface area contributed by atoms with Gasteiger partial charge < -0.3 is 5.32 Å². The van der Waals surface area contributed by atoms with E-state index in [1.165, 1.54) is 11.1 Å². The summed E-state index contributed by atoms with van der Waals surface area (Å²) in [5.74, 6) is 7.31. The third kappa shape index (κ3) is 6.07. The van der Waals surface area contributed by atoms with E-state index in [0.717, 1.165) is 11.3 Å². The normalized spacial score (nSPS) is 9.68. The molecule has 1 N–H and O–H groups in total. The molecule has 0 aliphatic heterocycles. The van der Waals surface area contributed by atoms with Gasteiger partial charge in [-0.25, -0.2) is 0 Å². The zero-order valence-corrected chi connectivity index (χ0v) is 13.5. The summed E-state index contributed by atoms with van der Waals surface area (Å²) >= 11 is 1.62. The molecule has 112 valence electrons. The fourth-order valence-corrected chi connectivity index (χ4v) is 2.73. The van der Waals surface area contributed by atoms with Crippen molar-refractivity contribution in [1.29, 1.82) is 0 Å². The fraction of sp³-hybridized carbons (Fsp3) is 0.211. The highest BCUT2D eigenvalue weighted by atomic mass is 32.2. The maximum atomic E-state index is 11.7. The summed E-state index contributed by atoms with van der Waals surface area (Å²) in [6.07, 6.45) is 0. The van der Waals surface area contributed by atoms with Crippen molar-refractivity contribution in [2.75, 3.05) is 12.3 Å². The van der Waals surface area contributed by atoms with Crippen molar-refractivity contribution in [3.63, 3.8) is 0 Å². The zero-order chi connectivity index (χ0) is 15.6. The Morgan fingerprint density at radius 2 is 1.95 bits per heavy atom. The topological polar surface area (TPSA) is 29.1 Å². The maximum absolute atomic E-state index is 11.7. The van der Waals surface area contributed by atoms with E-state index in [1.54, 1.807) is 11.8 Å². The second-order valence-electron chi connectivity index (χ2n) is 4.93. The van der Waals surface area contributed by atoms with Crippen molar-refractivity contribution >= 4 is 17.7 Å². The number of nitrogens with one attached hydrogen (secondary N) is 1. The molecule has 0 bridgehead atoms. The van der Waals surface area contributed by atoms with Gasteiger partial charge in [0.1, 0.15) is 0 Å². The molecule has 0 heterocycles. The zero-order valence-electron chi connectivity index (χ0n) is 12.6. The molecule has 2 rings (SSSR count). The predicted molar refractivity (Wildman–Crippen MR) is 93.7 cm³/mol. The van der Waals surface area contributed by atoms with Gasteiger partial charge in [-0.05, 0) is 24.6 Å². The molecule has 1 amide bonds. The van der Waals surface area contributed by atoms with Crippen molar-refractivity contribution in [3.05, 3.63) is 71.3 Å². The van der Waals surface area contributed by atoms with Crippen LogP contribution in [0.1, 0.15) is 16.7 Å². The lowest BCUT2D eigenvalue weighted by molar-refractivity contribution is -0.118. The van der Waals surface area contributed by atoms with Gasteiger partial charge in [0.2, 0.25) is 5.91 Å². The Bertz CT molecular complexity index is 671. The average Bonchev–Trinajstić information content (AvgIpc) is 2.53. The van der Waals surface area contributed by atoms with Crippen LogP contribution in [0.4, 0.5) is 0 Å². The number of benzene rings is 2. The van der Waals surface area contributed by atoms with E-state index < -0.39 is 0 Å². The molecule has 0 saturated carbocycles. The molecule has 3 heteroatoms. The van der Waals surface area contributed by atoms with Crippen LogP contribution in [0, 0.1) is 18.8 Å². The second kappa shape index (κ2) is 8.96. The van der Waals surface area contributed by atoms with Crippen LogP contribution in [0.5, 0.6) is 0 Å². The third-order valence-electron chi connectivity index (χ3n) is 2.96. The number of amides is 1. The van der Waals surface area contributed by atoms with Crippen LogP contribution in [0.2, 0.25) is 0 Å². The number of carbonyl (C=O) groups is 1. The molecular formula is C19H19NOS. The Hall–Kier alpha value is -2.18. The maximum Gasteiger partial charge on any atom is 0.230 e. The third-order valence-corrected chi connectivity index (χ3v) is 3.97. The molecule has 0 saturated heterocycles. The quantitative estimate of drug-likeness (QED) is 0.858. The van der Waals surface area contributed by atoms with E-state index in [4.69, 9.17) is 0 Å². The molecule has 0 aliphatic carbocycles. The molecule has 2 nitrogen and oxygen atoms in total. The summed E-state index contributed by atoms with van der Waals surface area (Å²) in [5.41, 5.74) is 3.46. The second-order valence-corrected chi connectivity index (χ2v) is 5.91. The van der Waals surface area contributed by atoms with Gasteiger partial charge in [0, 0.05) is 11.3 Å². The first-order valence-electron chi connectivity index (χ1n) is 7.18. The molecule has 0 unspecified atom stereocenters. The molecular weight excluding hydrogens is 290 g/mol. The molecule has 0 aromatic heterocycles. The molecule has 0 fully saturated rings. The van der Waals surface area contributed by atoms with Crippen LogP contribution in [-0.4, -0.2) is 18.2 Å². The highest BCUT2D eigenvalue weighted by molar-refractivity contribution is 7.99. The number of aryl methyl sites for hydroxylation is 1. The van der Waals surface area contributed by atoms with Gasteiger partial charge in [0.15, 0.2) is 0 Å². The molecule has 0 radical (unpaired) electrons. The van der Waals surface area contributed by atoms with Gasteiger partial charge in [-0.3, -0.25) is 4.79 Å². The van der Waals surface area contributed by atoms with Crippen molar-refractivity contribution < 1.29 is 4.79 Å². The SMILES string of the molecule is Cc1cccc(CSCC(=O)NCC#Cc2ccccc2)c1. The van der Waals surface area contributed by atoms with Gasteiger partial charge in [0.25, 0.3) is 0 Å². The highest BCUT2D eigenvalue weighted by Crippen LogP contribution is 2.13. The summed E-state index contributed by atoms with van der Waals surface area (Å²) in [6, 6.07) is 18.1. The first-order chi connectivity index (χ1) is 10.7. The lowest BCUT2D eigenvalue weighted by Gasteiger charge is -2.03. The predicted octanol–water partition coefficient (Wildman–Crippen LogP) is 3.40. The van der Waals surface area contributed by atoms with Crippen LogP contribution in [0.25, 0.3) is 0 Å². The fourth-order valence-electron chi connectivity index (χ4n) is 1.93. The molecule has 0 atom stereocenters. The van der Waals surface area contributed by atoms with Crippen molar-refractivity contribution in [2.24, 2.45) is 0 Å². The van der Waals surface area contributed by atoms with Gasteiger partial charge in [-0.1, -0.05) is 59.9 Å². The van der Waals surface area contributed by atoms with Crippen LogP contribution in [0.3, 0.4) is 0 Å². The Balaban J connectivity index is 1.65. The summed E-state index contributed by atoms with van der Waals surface area (Å²) < 4.78 is 0. The minimum atomic E-state index is 0.0278. The number of carbonyl (C=O) groups excluding carboxylic acids is 1. The monoisotopic (exact) mass is 309 g/mol. The number of hydrogen-bond acceptors (Lipinski definition) is 2. The molecule has 0 spiro atoms. The largest absolute Gasteiger partial charge is 0.344 e. The van der Waals surface area contributed by atoms with Crippen LogP contribution in [0.15, 0.2) is 54.6 Å². The van der Waals surface area contributed by atoms with E-state index in [2.05, 4.69) is 42.3 Å². The Kier molecular flexibility index (Phi) is 6.60. The van der Waals surface area contributed by atoms with Crippen LogP contribution in [-0.2, 0) is 10.5 Å². The van der Waals surface area contributed by atoms with E-state index in [9.17, 15) is 4.79 Å². The lowest BCUT2D eigenvalue weighted by atomic mass is 10.2. The molecule has 2 aromatic rings.